The number of aldehydes is 1. The lowest BCUT2D eigenvalue weighted by atomic mass is 10.1. The van der Waals surface area contributed by atoms with E-state index in [9.17, 15) is 4.79 Å². The van der Waals surface area contributed by atoms with Gasteiger partial charge < -0.3 is 10.0 Å². The van der Waals surface area contributed by atoms with Crippen LogP contribution in [0.4, 0.5) is 5.69 Å². The van der Waals surface area contributed by atoms with Crippen molar-refractivity contribution in [3.8, 4) is 0 Å². The second-order valence-corrected chi connectivity index (χ2v) is 4.29. The lowest BCUT2D eigenvalue weighted by molar-refractivity contribution is 0.112. The Hall–Kier alpha value is -1.35. The Morgan fingerprint density at radius 2 is 2.25 bits per heavy atom. The summed E-state index contributed by atoms with van der Waals surface area (Å²) in [6.45, 7) is 2.19. The molecule has 0 spiro atoms. The van der Waals surface area contributed by atoms with Crippen LogP contribution in [-0.4, -0.2) is 31.1 Å². The number of hydrogen-bond acceptors (Lipinski definition) is 3. The number of carbonyl (C=O) groups excluding carboxylic acids is 1. The van der Waals surface area contributed by atoms with Crippen LogP contribution in [0.25, 0.3) is 0 Å². The molecule has 0 amide bonds. The number of benzene rings is 1. The van der Waals surface area contributed by atoms with Crippen molar-refractivity contribution in [3.05, 3.63) is 29.8 Å². The van der Waals surface area contributed by atoms with Gasteiger partial charge in [0.05, 0.1) is 0 Å². The van der Waals surface area contributed by atoms with E-state index in [0.29, 0.717) is 5.92 Å². The number of para-hydroxylation sites is 1. The molecule has 0 saturated carbocycles. The fourth-order valence-electron chi connectivity index (χ4n) is 2.34. The number of rotatable bonds is 4. The predicted molar refractivity (Wildman–Crippen MR) is 63.9 cm³/mol. The molecule has 1 aliphatic heterocycles. The van der Waals surface area contributed by atoms with Gasteiger partial charge in [0.25, 0.3) is 0 Å². The zero-order valence-corrected chi connectivity index (χ0v) is 9.30. The number of anilines is 1. The summed E-state index contributed by atoms with van der Waals surface area (Å²) in [7, 11) is 0. The van der Waals surface area contributed by atoms with Crippen LogP contribution in [0, 0.1) is 5.92 Å². The van der Waals surface area contributed by atoms with Gasteiger partial charge in [-0.25, -0.2) is 0 Å². The molecule has 2 rings (SSSR count). The van der Waals surface area contributed by atoms with E-state index >= 15 is 0 Å². The van der Waals surface area contributed by atoms with Crippen LogP contribution < -0.4 is 4.90 Å². The summed E-state index contributed by atoms with van der Waals surface area (Å²) in [5.41, 5.74) is 1.78. The minimum atomic E-state index is 0.258. The first kappa shape index (κ1) is 11.1. The molecule has 3 heteroatoms. The second kappa shape index (κ2) is 5.12. The maximum atomic E-state index is 10.9. The molecular weight excluding hydrogens is 202 g/mol. The smallest absolute Gasteiger partial charge is 0.152 e. The van der Waals surface area contributed by atoms with Gasteiger partial charge >= 0.3 is 0 Å². The van der Waals surface area contributed by atoms with Crippen molar-refractivity contribution >= 4 is 12.0 Å². The van der Waals surface area contributed by atoms with Gasteiger partial charge in [0.15, 0.2) is 6.29 Å². The summed E-state index contributed by atoms with van der Waals surface area (Å²) in [6, 6.07) is 7.68. The van der Waals surface area contributed by atoms with Gasteiger partial charge in [-0.05, 0) is 30.9 Å². The van der Waals surface area contributed by atoms with Gasteiger partial charge in [-0.15, -0.1) is 0 Å². The van der Waals surface area contributed by atoms with E-state index in [0.717, 1.165) is 43.5 Å². The minimum absolute atomic E-state index is 0.258. The Bertz CT molecular complexity index is 365. The van der Waals surface area contributed by atoms with Crippen LogP contribution in [0.5, 0.6) is 0 Å². The van der Waals surface area contributed by atoms with Gasteiger partial charge in [-0.1, -0.05) is 12.1 Å². The van der Waals surface area contributed by atoms with Gasteiger partial charge in [0.1, 0.15) is 0 Å². The van der Waals surface area contributed by atoms with Crippen molar-refractivity contribution in [1.82, 2.24) is 0 Å². The largest absolute Gasteiger partial charge is 0.396 e. The fraction of sp³-hybridized carbons (Fsp3) is 0.462. The van der Waals surface area contributed by atoms with Crippen molar-refractivity contribution in [2.75, 3.05) is 24.6 Å². The fourth-order valence-corrected chi connectivity index (χ4v) is 2.34. The van der Waals surface area contributed by atoms with Crippen LogP contribution in [-0.2, 0) is 0 Å². The van der Waals surface area contributed by atoms with E-state index in [2.05, 4.69) is 4.90 Å². The zero-order chi connectivity index (χ0) is 11.4. The van der Waals surface area contributed by atoms with E-state index in [1.54, 1.807) is 0 Å². The third-order valence-electron chi connectivity index (χ3n) is 3.23. The van der Waals surface area contributed by atoms with Crippen LogP contribution in [0.1, 0.15) is 23.2 Å². The average molecular weight is 219 g/mol. The first-order valence-corrected chi connectivity index (χ1v) is 5.75. The number of aliphatic hydroxyl groups is 1. The third kappa shape index (κ3) is 2.25. The SMILES string of the molecule is O=Cc1ccccc1N1CCC(CCO)C1. The topological polar surface area (TPSA) is 40.5 Å². The highest BCUT2D eigenvalue weighted by Crippen LogP contribution is 2.27. The van der Waals surface area contributed by atoms with E-state index in [-0.39, 0.29) is 6.61 Å². The standard InChI is InChI=1S/C13H17NO2/c15-8-6-11-5-7-14(9-11)13-4-2-1-3-12(13)10-16/h1-4,10-11,15H,5-9H2. The molecular formula is C13H17NO2. The summed E-state index contributed by atoms with van der Waals surface area (Å²) in [5, 5.41) is 8.91. The van der Waals surface area contributed by atoms with E-state index in [1.165, 1.54) is 0 Å². The lowest BCUT2D eigenvalue weighted by Gasteiger charge is -2.20. The van der Waals surface area contributed by atoms with Crippen LogP contribution in [0.3, 0.4) is 0 Å². The van der Waals surface area contributed by atoms with Crippen LogP contribution in [0.15, 0.2) is 24.3 Å². The number of nitrogens with zero attached hydrogens (tertiary/aromatic N) is 1. The molecule has 3 nitrogen and oxygen atoms in total. The molecule has 1 heterocycles. The molecule has 0 radical (unpaired) electrons. The van der Waals surface area contributed by atoms with Crippen molar-refractivity contribution in [2.45, 2.75) is 12.8 Å². The number of aliphatic hydroxyl groups excluding tert-OH is 1. The molecule has 86 valence electrons. The van der Waals surface area contributed by atoms with Crippen LogP contribution >= 0.6 is 0 Å². The highest BCUT2D eigenvalue weighted by molar-refractivity contribution is 5.84. The van der Waals surface area contributed by atoms with Gasteiger partial charge in [-0.3, -0.25) is 4.79 Å². The Labute approximate surface area is 95.7 Å². The highest BCUT2D eigenvalue weighted by Gasteiger charge is 2.23. The third-order valence-corrected chi connectivity index (χ3v) is 3.23. The Morgan fingerprint density at radius 3 is 3.00 bits per heavy atom. The van der Waals surface area contributed by atoms with E-state index in [1.807, 2.05) is 24.3 Å². The van der Waals surface area contributed by atoms with E-state index < -0.39 is 0 Å². The molecule has 0 aromatic heterocycles. The van der Waals surface area contributed by atoms with E-state index in [4.69, 9.17) is 5.11 Å². The predicted octanol–water partition coefficient (Wildman–Crippen LogP) is 1.71. The molecule has 16 heavy (non-hydrogen) atoms. The molecule has 1 fully saturated rings. The summed E-state index contributed by atoms with van der Waals surface area (Å²) < 4.78 is 0. The van der Waals surface area contributed by atoms with Gasteiger partial charge in [-0.2, -0.15) is 0 Å². The Morgan fingerprint density at radius 1 is 1.44 bits per heavy atom. The second-order valence-electron chi connectivity index (χ2n) is 4.29. The van der Waals surface area contributed by atoms with Crippen molar-refractivity contribution in [2.24, 2.45) is 5.92 Å². The van der Waals surface area contributed by atoms with Crippen molar-refractivity contribution < 1.29 is 9.90 Å². The molecule has 1 aliphatic rings. The maximum absolute atomic E-state index is 10.9. The van der Waals surface area contributed by atoms with Crippen molar-refractivity contribution in [3.63, 3.8) is 0 Å². The zero-order valence-electron chi connectivity index (χ0n) is 9.30. The Balaban J connectivity index is 2.11. The summed E-state index contributed by atoms with van der Waals surface area (Å²) in [6.07, 6.45) is 2.88. The van der Waals surface area contributed by atoms with Crippen LogP contribution in [0.2, 0.25) is 0 Å². The van der Waals surface area contributed by atoms with Crippen molar-refractivity contribution in [1.29, 1.82) is 0 Å². The molecule has 1 aromatic carbocycles. The average Bonchev–Trinajstić information content (AvgIpc) is 2.78. The minimum Gasteiger partial charge on any atom is -0.396 e. The summed E-state index contributed by atoms with van der Waals surface area (Å²) >= 11 is 0. The molecule has 1 N–H and O–H groups in total. The first-order chi connectivity index (χ1) is 7.85. The first-order valence-electron chi connectivity index (χ1n) is 5.75. The Kier molecular flexibility index (Phi) is 3.57. The molecule has 0 aliphatic carbocycles. The maximum Gasteiger partial charge on any atom is 0.152 e. The number of carbonyl (C=O) groups is 1. The normalized spacial score (nSPS) is 20.1. The highest BCUT2D eigenvalue weighted by atomic mass is 16.3. The molecule has 1 unspecified atom stereocenters. The monoisotopic (exact) mass is 219 g/mol. The molecule has 1 saturated heterocycles. The van der Waals surface area contributed by atoms with Gasteiger partial charge in [0, 0.05) is 30.9 Å². The summed E-state index contributed by atoms with van der Waals surface area (Å²) in [4.78, 5) is 13.2. The molecule has 1 atom stereocenters. The van der Waals surface area contributed by atoms with Gasteiger partial charge in [0.2, 0.25) is 0 Å². The molecule has 0 bridgehead atoms. The quantitative estimate of drug-likeness (QED) is 0.784. The number of hydrogen-bond donors (Lipinski definition) is 1. The lowest BCUT2D eigenvalue weighted by Crippen LogP contribution is -2.21. The molecule has 1 aromatic rings. The summed E-state index contributed by atoms with van der Waals surface area (Å²) in [5.74, 6) is 0.560.